The van der Waals surface area contributed by atoms with E-state index in [0.29, 0.717) is 15.4 Å². The fourth-order valence-corrected chi connectivity index (χ4v) is 3.62. The number of nitrogens with one attached hydrogen (secondary N) is 1. The predicted octanol–water partition coefficient (Wildman–Crippen LogP) is 3.07. The van der Waals surface area contributed by atoms with Crippen LogP contribution >= 0.6 is 0 Å². The Morgan fingerprint density at radius 3 is 2.45 bits per heavy atom. The van der Waals surface area contributed by atoms with Gasteiger partial charge in [0.05, 0.1) is 48.7 Å². The smallest absolute Gasteiger partial charge is 0.197 e. The van der Waals surface area contributed by atoms with E-state index in [-0.39, 0.29) is 0 Å². The van der Waals surface area contributed by atoms with Gasteiger partial charge < -0.3 is 4.98 Å². The topological polar surface area (TPSA) is 45.8 Å². The summed E-state index contributed by atoms with van der Waals surface area (Å²) in [6.45, 7) is 0. The van der Waals surface area contributed by atoms with Crippen LogP contribution in [-0.4, -0.2) is 35.3 Å². The van der Waals surface area contributed by atoms with Crippen LogP contribution in [-0.2, 0) is 16.6 Å². The second-order valence-corrected chi connectivity index (χ2v) is 7.56. The minimum absolute atomic E-state index is 0.464. The van der Waals surface area contributed by atoms with Crippen LogP contribution in [0.2, 0.25) is 0 Å². The second-order valence-electron chi connectivity index (χ2n) is 6.19. The Hall–Kier alpha value is -1.98. The number of hydrogen-bond donors (Lipinski definition) is 1. The zero-order valence-electron chi connectivity index (χ0n) is 13.0. The van der Waals surface area contributed by atoms with E-state index >= 15 is 0 Å². The van der Waals surface area contributed by atoms with Crippen molar-refractivity contribution in [3.05, 3.63) is 54.1 Å². The number of quaternary nitrogens is 1. The molecule has 1 atom stereocenters. The van der Waals surface area contributed by atoms with Crippen LogP contribution in [0.4, 0.5) is 5.69 Å². The predicted molar refractivity (Wildman–Crippen MR) is 92.2 cm³/mol. The monoisotopic (exact) mass is 314 g/mol. The van der Waals surface area contributed by atoms with Crippen LogP contribution in [0.1, 0.15) is 5.56 Å². The van der Waals surface area contributed by atoms with Crippen LogP contribution < -0.4 is 4.48 Å². The molecule has 114 valence electrons. The largest absolute Gasteiger partial charge is 0.331 e. The van der Waals surface area contributed by atoms with E-state index in [1.165, 1.54) is 5.69 Å². The third-order valence-corrected chi connectivity index (χ3v) is 4.78. The van der Waals surface area contributed by atoms with Crippen molar-refractivity contribution in [1.82, 2.24) is 14.5 Å². The van der Waals surface area contributed by atoms with E-state index < -0.39 is 10.8 Å². The summed E-state index contributed by atoms with van der Waals surface area (Å²) >= 11 is 0. The molecule has 0 aliphatic carbocycles. The SMILES string of the molecule is C[N+](C)(C)c1ccccc1CS(=O)c1nc2ccccc2[nH]1. The van der Waals surface area contributed by atoms with Crippen LogP contribution in [0.15, 0.2) is 53.7 Å². The molecule has 5 heteroatoms. The molecule has 0 spiro atoms. The molecular formula is C17H20N3OS+. The highest BCUT2D eigenvalue weighted by Gasteiger charge is 2.20. The Labute approximate surface area is 132 Å². The number of para-hydroxylation sites is 3. The maximum atomic E-state index is 12.7. The number of imidazole rings is 1. The molecule has 0 aliphatic heterocycles. The normalized spacial score (nSPS) is 13.4. The molecule has 4 nitrogen and oxygen atoms in total. The molecule has 3 rings (SSSR count). The highest BCUT2D eigenvalue weighted by atomic mass is 32.2. The first-order valence-electron chi connectivity index (χ1n) is 7.18. The van der Waals surface area contributed by atoms with Crippen LogP contribution in [0.25, 0.3) is 11.0 Å². The van der Waals surface area contributed by atoms with Crippen LogP contribution in [0, 0.1) is 0 Å². The van der Waals surface area contributed by atoms with E-state index in [1.807, 2.05) is 42.5 Å². The fraction of sp³-hybridized carbons (Fsp3) is 0.235. The van der Waals surface area contributed by atoms with Crippen molar-refractivity contribution in [3.63, 3.8) is 0 Å². The lowest BCUT2D eigenvalue weighted by Gasteiger charge is -2.25. The molecule has 2 aromatic carbocycles. The highest BCUT2D eigenvalue weighted by molar-refractivity contribution is 7.84. The molecule has 3 aromatic rings. The Balaban J connectivity index is 1.92. The van der Waals surface area contributed by atoms with Gasteiger partial charge in [-0.05, 0) is 18.2 Å². The van der Waals surface area contributed by atoms with Gasteiger partial charge in [-0.25, -0.2) is 4.98 Å². The number of rotatable bonds is 4. The van der Waals surface area contributed by atoms with Crippen molar-refractivity contribution in [2.45, 2.75) is 10.9 Å². The zero-order valence-corrected chi connectivity index (χ0v) is 13.9. The van der Waals surface area contributed by atoms with Gasteiger partial charge in [-0.2, -0.15) is 0 Å². The van der Waals surface area contributed by atoms with Crippen molar-refractivity contribution in [3.8, 4) is 0 Å². The minimum atomic E-state index is -1.19. The molecule has 0 saturated carbocycles. The van der Waals surface area contributed by atoms with E-state index in [2.05, 4.69) is 37.2 Å². The van der Waals surface area contributed by atoms with E-state index in [0.717, 1.165) is 16.6 Å². The number of nitrogens with zero attached hydrogens (tertiary/aromatic N) is 2. The first kappa shape index (κ1) is 14.9. The Morgan fingerprint density at radius 1 is 1.05 bits per heavy atom. The molecule has 0 saturated heterocycles. The molecule has 0 radical (unpaired) electrons. The maximum Gasteiger partial charge on any atom is 0.197 e. The van der Waals surface area contributed by atoms with E-state index in [1.54, 1.807) is 0 Å². The summed E-state index contributed by atoms with van der Waals surface area (Å²) < 4.78 is 13.4. The minimum Gasteiger partial charge on any atom is -0.331 e. The number of hydrogen-bond acceptors (Lipinski definition) is 2. The van der Waals surface area contributed by atoms with Gasteiger partial charge in [0, 0.05) is 5.56 Å². The summed E-state index contributed by atoms with van der Waals surface area (Å²) in [4.78, 5) is 7.60. The highest BCUT2D eigenvalue weighted by Crippen LogP contribution is 2.25. The van der Waals surface area contributed by atoms with Gasteiger partial charge in [0.15, 0.2) is 5.16 Å². The Bertz CT molecular complexity index is 800. The lowest BCUT2D eigenvalue weighted by molar-refractivity contribution is 0.483. The van der Waals surface area contributed by atoms with Gasteiger partial charge >= 0.3 is 0 Å². The zero-order chi connectivity index (χ0) is 15.7. The van der Waals surface area contributed by atoms with Gasteiger partial charge in [-0.15, -0.1) is 0 Å². The molecule has 0 aliphatic rings. The molecular weight excluding hydrogens is 294 g/mol. The average molecular weight is 314 g/mol. The third-order valence-electron chi connectivity index (χ3n) is 3.58. The first-order valence-corrected chi connectivity index (χ1v) is 8.50. The Kier molecular flexibility index (Phi) is 3.85. The third kappa shape index (κ3) is 2.96. The van der Waals surface area contributed by atoms with Gasteiger partial charge in [-0.1, -0.05) is 30.3 Å². The van der Waals surface area contributed by atoms with E-state index in [4.69, 9.17) is 0 Å². The van der Waals surface area contributed by atoms with Crippen molar-refractivity contribution >= 4 is 27.5 Å². The van der Waals surface area contributed by atoms with Gasteiger partial charge in [0.2, 0.25) is 0 Å². The summed E-state index contributed by atoms with van der Waals surface area (Å²) in [6, 6.07) is 15.9. The molecule has 1 N–H and O–H groups in total. The number of benzene rings is 2. The molecule has 0 amide bonds. The quantitative estimate of drug-likeness (QED) is 0.752. The molecule has 0 fully saturated rings. The molecule has 1 aromatic heterocycles. The lowest BCUT2D eigenvalue weighted by Crippen LogP contribution is -2.35. The first-order chi connectivity index (χ1) is 10.4. The standard InChI is InChI=1S/C17H20N3OS/c1-20(2,3)16-11-7-4-8-13(16)12-22(21)17-18-14-9-5-6-10-15(14)19-17/h4-11H,12H2,1-3H3,(H,18,19)/q+1. The Morgan fingerprint density at radius 2 is 1.73 bits per heavy atom. The summed E-state index contributed by atoms with van der Waals surface area (Å²) in [6.07, 6.45) is 0. The van der Waals surface area contributed by atoms with Crippen LogP contribution in [0.5, 0.6) is 0 Å². The molecule has 1 heterocycles. The van der Waals surface area contributed by atoms with Crippen molar-refractivity contribution in [1.29, 1.82) is 0 Å². The molecule has 0 bridgehead atoms. The molecule has 1 unspecified atom stereocenters. The summed E-state index contributed by atoms with van der Waals surface area (Å²) in [7, 11) is 5.15. The molecule has 22 heavy (non-hydrogen) atoms. The van der Waals surface area contributed by atoms with Gasteiger partial charge in [0.25, 0.3) is 0 Å². The van der Waals surface area contributed by atoms with Gasteiger partial charge in [-0.3, -0.25) is 8.69 Å². The van der Waals surface area contributed by atoms with Crippen molar-refractivity contribution in [2.24, 2.45) is 0 Å². The summed E-state index contributed by atoms with van der Waals surface area (Å²) in [5.41, 5.74) is 4.04. The van der Waals surface area contributed by atoms with Gasteiger partial charge in [0.1, 0.15) is 5.69 Å². The van der Waals surface area contributed by atoms with Crippen LogP contribution in [0.3, 0.4) is 0 Å². The number of aromatic nitrogens is 2. The summed E-state index contributed by atoms with van der Waals surface area (Å²) in [5, 5.41) is 0.539. The average Bonchev–Trinajstić information content (AvgIpc) is 2.90. The van der Waals surface area contributed by atoms with Crippen molar-refractivity contribution in [2.75, 3.05) is 21.1 Å². The number of H-pyrrole nitrogens is 1. The number of fused-ring (bicyclic) bond motifs is 1. The lowest BCUT2D eigenvalue weighted by atomic mass is 10.2. The van der Waals surface area contributed by atoms with E-state index in [9.17, 15) is 4.21 Å². The fourth-order valence-electron chi connectivity index (χ4n) is 2.53. The summed E-state index contributed by atoms with van der Waals surface area (Å²) in [5.74, 6) is 0.464. The van der Waals surface area contributed by atoms with Crippen molar-refractivity contribution < 1.29 is 4.21 Å². The maximum absolute atomic E-state index is 12.7. The number of aromatic amines is 1. The second kappa shape index (κ2) is 5.66.